The maximum absolute atomic E-state index is 13.2. The second kappa shape index (κ2) is 9.30. The van der Waals surface area contributed by atoms with Crippen molar-refractivity contribution in [2.75, 3.05) is 32.5 Å². The van der Waals surface area contributed by atoms with Crippen molar-refractivity contribution in [3.05, 3.63) is 58.6 Å². The SMILES string of the molecule is CCN(C(=O)c1cc(Cl)c(N)cc1OC)C1CCN(Cc2ccccc2)CC1. The molecular weight excluding hydrogens is 374 g/mol. The van der Waals surface area contributed by atoms with Crippen LogP contribution in [0.5, 0.6) is 5.75 Å². The number of piperidine rings is 1. The Labute approximate surface area is 172 Å². The van der Waals surface area contributed by atoms with Gasteiger partial charge in [0.05, 0.1) is 23.4 Å². The fourth-order valence-corrected chi connectivity index (χ4v) is 4.02. The van der Waals surface area contributed by atoms with Gasteiger partial charge in [-0.1, -0.05) is 41.9 Å². The largest absolute Gasteiger partial charge is 0.496 e. The van der Waals surface area contributed by atoms with E-state index in [4.69, 9.17) is 22.1 Å². The maximum atomic E-state index is 13.2. The number of amides is 1. The number of nitrogens with two attached hydrogens (primary N) is 1. The van der Waals surface area contributed by atoms with Crippen molar-refractivity contribution in [2.24, 2.45) is 0 Å². The van der Waals surface area contributed by atoms with Crippen molar-refractivity contribution in [2.45, 2.75) is 32.4 Å². The van der Waals surface area contributed by atoms with E-state index in [1.54, 1.807) is 12.1 Å². The molecule has 6 heteroatoms. The third-order valence-electron chi connectivity index (χ3n) is 5.40. The van der Waals surface area contributed by atoms with E-state index in [-0.39, 0.29) is 11.9 Å². The van der Waals surface area contributed by atoms with Crippen LogP contribution in [0, 0.1) is 0 Å². The van der Waals surface area contributed by atoms with Gasteiger partial charge in [-0.2, -0.15) is 0 Å². The molecule has 28 heavy (non-hydrogen) atoms. The zero-order valence-electron chi connectivity index (χ0n) is 16.5. The summed E-state index contributed by atoms with van der Waals surface area (Å²) in [5.74, 6) is 0.412. The Kier molecular flexibility index (Phi) is 6.81. The Hall–Kier alpha value is -2.24. The van der Waals surface area contributed by atoms with Crippen LogP contribution >= 0.6 is 11.6 Å². The monoisotopic (exact) mass is 401 g/mol. The summed E-state index contributed by atoms with van der Waals surface area (Å²) < 4.78 is 5.37. The lowest BCUT2D eigenvalue weighted by molar-refractivity contribution is 0.0578. The Morgan fingerprint density at radius 1 is 1.25 bits per heavy atom. The molecule has 0 aromatic heterocycles. The molecule has 0 spiro atoms. The minimum Gasteiger partial charge on any atom is -0.496 e. The molecule has 150 valence electrons. The van der Waals surface area contributed by atoms with Crippen LogP contribution in [0.2, 0.25) is 5.02 Å². The highest BCUT2D eigenvalue weighted by Gasteiger charge is 2.29. The Morgan fingerprint density at radius 3 is 2.54 bits per heavy atom. The first-order chi connectivity index (χ1) is 13.5. The molecule has 5 nitrogen and oxygen atoms in total. The number of rotatable bonds is 6. The summed E-state index contributed by atoms with van der Waals surface area (Å²) >= 11 is 6.16. The van der Waals surface area contributed by atoms with E-state index < -0.39 is 0 Å². The van der Waals surface area contributed by atoms with Gasteiger partial charge in [-0.25, -0.2) is 0 Å². The predicted octanol–water partition coefficient (Wildman–Crippen LogP) is 4.06. The fraction of sp³-hybridized carbons (Fsp3) is 0.409. The molecule has 2 N–H and O–H groups in total. The minimum absolute atomic E-state index is 0.0530. The van der Waals surface area contributed by atoms with Gasteiger partial charge in [0.15, 0.2) is 0 Å². The molecule has 0 unspecified atom stereocenters. The Balaban J connectivity index is 1.67. The van der Waals surface area contributed by atoms with Crippen LogP contribution in [0.4, 0.5) is 5.69 Å². The number of ether oxygens (including phenoxy) is 1. The van der Waals surface area contributed by atoms with Gasteiger partial charge in [0.1, 0.15) is 5.75 Å². The van der Waals surface area contributed by atoms with Gasteiger partial charge in [-0.15, -0.1) is 0 Å². The van der Waals surface area contributed by atoms with Gasteiger partial charge in [0, 0.05) is 38.3 Å². The number of carbonyl (C=O) groups excluding carboxylic acids is 1. The second-order valence-corrected chi connectivity index (χ2v) is 7.57. The Bertz CT molecular complexity index is 805. The highest BCUT2D eigenvalue weighted by atomic mass is 35.5. The summed E-state index contributed by atoms with van der Waals surface area (Å²) in [6.07, 6.45) is 1.91. The molecule has 1 fully saturated rings. The Morgan fingerprint density at radius 2 is 1.93 bits per heavy atom. The van der Waals surface area contributed by atoms with E-state index in [2.05, 4.69) is 29.2 Å². The van der Waals surface area contributed by atoms with Crippen LogP contribution in [-0.2, 0) is 6.54 Å². The van der Waals surface area contributed by atoms with Crippen molar-refractivity contribution >= 4 is 23.2 Å². The van der Waals surface area contributed by atoms with Crippen molar-refractivity contribution < 1.29 is 9.53 Å². The summed E-state index contributed by atoms with van der Waals surface area (Å²) in [4.78, 5) is 17.6. The third-order valence-corrected chi connectivity index (χ3v) is 5.72. The average molecular weight is 402 g/mol. The van der Waals surface area contributed by atoms with E-state index in [1.807, 2.05) is 17.9 Å². The molecule has 2 aromatic rings. The molecule has 2 aromatic carbocycles. The van der Waals surface area contributed by atoms with Gasteiger partial charge in [0.25, 0.3) is 5.91 Å². The number of hydrogen-bond donors (Lipinski definition) is 1. The molecule has 0 radical (unpaired) electrons. The number of likely N-dealkylation sites (tertiary alicyclic amines) is 1. The minimum atomic E-state index is -0.0530. The van der Waals surface area contributed by atoms with Gasteiger partial charge in [-0.3, -0.25) is 9.69 Å². The molecule has 0 aliphatic carbocycles. The van der Waals surface area contributed by atoms with E-state index in [1.165, 1.54) is 12.7 Å². The summed E-state index contributed by atoms with van der Waals surface area (Å²) in [5.41, 5.74) is 8.05. The second-order valence-electron chi connectivity index (χ2n) is 7.16. The number of benzene rings is 2. The van der Waals surface area contributed by atoms with Crippen LogP contribution in [0.1, 0.15) is 35.7 Å². The van der Waals surface area contributed by atoms with Crippen LogP contribution in [0.25, 0.3) is 0 Å². The smallest absolute Gasteiger partial charge is 0.257 e. The first kappa shape index (κ1) is 20.5. The number of anilines is 1. The van der Waals surface area contributed by atoms with Gasteiger partial charge in [0.2, 0.25) is 0 Å². The number of hydrogen-bond acceptors (Lipinski definition) is 4. The lowest BCUT2D eigenvalue weighted by atomic mass is 10.0. The predicted molar refractivity (Wildman–Crippen MR) is 114 cm³/mol. The van der Waals surface area contributed by atoms with Gasteiger partial charge < -0.3 is 15.4 Å². The molecular formula is C22H28ClN3O2. The molecule has 3 rings (SSSR count). The summed E-state index contributed by atoms with van der Waals surface area (Å²) in [6.45, 7) is 5.56. The number of methoxy groups -OCH3 is 1. The van der Waals surface area contributed by atoms with E-state index in [9.17, 15) is 4.79 Å². The normalized spacial score (nSPS) is 15.4. The van der Waals surface area contributed by atoms with Crippen molar-refractivity contribution in [3.8, 4) is 5.75 Å². The van der Waals surface area contributed by atoms with Crippen LogP contribution < -0.4 is 10.5 Å². The van der Waals surface area contributed by atoms with E-state index in [0.717, 1.165) is 32.5 Å². The summed E-state index contributed by atoms with van der Waals surface area (Å²) in [7, 11) is 1.54. The van der Waals surface area contributed by atoms with Crippen molar-refractivity contribution in [1.29, 1.82) is 0 Å². The average Bonchev–Trinajstić information content (AvgIpc) is 2.72. The van der Waals surface area contributed by atoms with E-state index >= 15 is 0 Å². The molecule has 1 aliphatic heterocycles. The summed E-state index contributed by atoms with van der Waals surface area (Å²) in [5, 5.41) is 0.373. The molecule has 1 aliphatic rings. The zero-order valence-corrected chi connectivity index (χ0v) is 17.3. The highest BCUT2D eigenvalue weighted by molar-refractivity contribution is 6.33. The molecule has 1 amide bonds. The van der Waals surface area contributed by atoms with Crippen molar-refractivity contribution in [1.82, 2.24) is 9.80 Å². The van der Waals surface area contributed by atoms with Crippen LogP contribution in [0.3, 0.4) is 0 Å². The maximum Gasteiger partial charge on any atom is 0.257 e. The van der Waals surface area contributed by atoms with Crippen molar-refractivity contribution in [3.63, 3.8) is 0 Å². The molecule has 0 saturated carbocycles. The molecule has 0 atom stereocenters. The van der Waals surface area contributed by atoms with Gasteiger partial charge >= 0.3 is 0 Å². The third kappa shape index (κ3) is 4.59. The summed E-state index contributed by atoms with van der Waals surface area (Å²) in [6, 6.07) is 14.0. The molecule has 1 saturated heterocycles. The quantitative estimate of drug-likeness (QED) is 0.741. The lowest BCUT2D eigenvalue weighted by Crippen LogP contribution is -2.47. The number of nitrogens with zero attached hydrogens (tertiary/aromatic N) is 2. The lowest BCUT2D eigenvalue weighted by Gasteiger charge is -2.38. The van der Waals surface area contributed by atoms with Gasteiger partial charge in [-0.05, 0) is 31.4 Å². The fourth-order valence-electron chi connectivity index (χ4n) is 3.86. The number of nitrogen functional groups attached to an aromatic ring is 1. The first-order valence-corrected chi connectivity index (χ1v) is 10.1. The zero-order chi connectivity index (χ0) is 20.1. The molecule has 1 heterocycles. The van der Waals surface area contributed by atoms with E-state index in [0.29, 0.717) is 28.6 Å². The highest BCUT2D eigenvalue weighted by Crippen LogP contribution is 2.31. The number of halogens is 1. The topological polar surface area (TPSA) is 58.8 Å². The standard InChI is InChI=1S/C22H28ClN3O2/c1-3-26(22(27)18-13-19(23)20(24)14-21(18)28-2)17-9-11-25(12-10-17)15-16-7-5-4-6-8-16/h4-8,13-14,17H,3,9-12,15,24H2,1-2H3. The van der Waals surface area contributed by atoms with Crippen LogP contribution in [0.15, 0.2) is 42.5 Å². The van der Waals surface area contributed by atoms with Crippen LogP contribution in [-0.4, -0.2) is 48.5 Å². The molecule has 0 bridgehead atoms. The number of carbonyl (C=O) groups is 1. The first-order valence-electron chi connectivity index (χ1n) is 9.73.